The van der Waals surface area contributed by atoms with E-state index in [-0.39, 0.29) is 5.56 Å². The molecule has 2 heterocycles. The Bertz CT molecular complexity index is 1130. The van der Waals surface area contributed by atoms with Crippen molar-refractivity contribution in [3.8, 4) is 0 Å². The van der Waals surface area contributed by atoms with E-state index in [2.05, 4.69) is 30.0 Å². The van der Waals surface area contributed by atoms with E-state index in [0.29, 0.717) is 28.0 Å². The summed E-state index contributed by atoms with van der Waals surface area (Å²) < 4.78 is 45.1. The number of hydrogen-bond donors (Lipinski definition) is 1. The summed E-state index contributed by atoms with van der Waals surface area (Å²) in [7, 11) is 0. The Morgan fingerprint density at radius 3 is 2.23 bits per heavy atom. The second kappa shape index (κ2) is 8.64. The molecule has 8 nitrogen and oxygen atoms in total. The maximum atomic E-state index is 13.6. The number of alkyl halides is 3. The standard InChI is InChI=1S/C19H13ClF3N5O3/c1-9-3-12(20)4-10(2)14(9)27-18-26-7-13(15(28-18)19(21,22)23)17(30)31-16(29)11-5-24-8-25-6-11/h3-8H,1-2H3,(H,26,27,28). The van der Waals surface area contributed by atoms with Crippen molar-refractivity contribution in [1.29, 1.82) is 0 Å². The number of nitrogens with zero attached hydrogens (tertiary/aromatic N) is 4. The molecule has 1 aromatic carbocycles. The molecule has 0 spiro atoms. The molecule has 160 valence electrons. The van der Waals surface area contributed by atoms with Crippen LogP contribution in [-0.2, 0) is 10.9 Å². The first-order valence-electron chi connectivity index (χ1n) is 8.55. The number of ether oxygens (including phenoxy) is 1. The minimum atomic E-state index is -5.02. The number of hydrogen-bond acceptors (Lipinski definition) is 8. The zero-order valence-corrected chi connectivity index (χ0v) is 16.7. The number of halogens is 4. The maximum absolute atomic E-state index is 13.6. The lowest BCUT2D eigenvalue weighted by atomic mass is 10.1. The van der Waals surface area contributed by atoms with E-state index < -0.39 is 35.3 Å². The largest absolute Gasteiger partial charge is 0.434 e. The van der Waals surface area contributed by atoms with E-state index in [1.165, 1.54) is 0 Å². The van der Waals surface area contributed by atoms with Gasteiger partial charge in [0.25, 0.3) is 0 Å². The van der Waals surface area contributed by atoms with Gasteiger partial charge in [0.1, 0.15) is 11.9 Å². The van der Waals surface area contributed by atoms with E-state index in [1.807, 2.05) is 0 Å². The third-order valence-corrected chi connectivity index (χ3v) is 4.21. The van der Waals surface area contributed by atoms with Crippen molar-refractivity contribution in [2.24, 2.45) is 0 Å². The predicted molar refractivity (Wildman–Crippen MR) is 103 cm³/mol. The summed E-state index contributed by atoms with van der Waals surface area (Å²) in [5, 5.41) is 3.16. The molecule has 0 unspecified atom stereocenters. The van der Waals surface area contributed by atoms with E-state index in [0.717, 1.165) is 18.7 Å². The van der Waals surface area contributed by atoms with Gasteiger partial charge in [-0.05, 0) is 37.1 Å². The number of rotatable bonds is 4. The molecule has 0 saturated carbocycles. The molecule has 3 rings (SSSR count). The van der Waals surface area contributed by atoms with E-state index >= 15 is 0 Å². The highest BCUT2D eigenvalue weighted by atomic mass is 35.5. The van der Waals surface area contributed by atoms with Gasteiger partial charge < -0.3 is 10.1 Å². The highest BCUT2D eigenvalue weighted by Gasteiger charge is 2.39. The fourth-order valence-electron chi connectivity index (χ4n) is 2.63. The lowest BCUT2D eigenvalue weighted by Crippen LogP contribution is -2.21. The third kappa shape index (κ3) is 5.12. The Labute approximate surface area is 178 Å². The predicted octanol–water partition coefficient (Wildman–Crippen LogP) is 4.30. The van der Waals surface area contributed by atoms with Crippen LogP contribution in [0.5, 0.6) is 0 Å². The number of carbonyl (C=O) groups excluding carboxylic acids is 2. The molecule has 12 heteroatoms. The minimum absolute atomic E-state index is 0.211. The lowest BCUT2D eigenvalue weighted by Gasteiger charge is -2.15. The molecule has 0 atom stereocenters. The number of anilines is 2. The Balaban J connectivity index is 1.92. The molecule has 0 radical (unpaired) electrons. The summed E-state index contributed by atoms with van der Waals surface area (Å²) in [6.07, 6.45) is -1.15. The van der Waals surface area contributed by atoms with Gasteiger partial charge in [0.15, 0.2) is 5.69 Å². The van der Waals surface area contributed by atoms with Gasteiger partial charge in [0.2, 0.25) is 5.95 Å². The summed E-state index contributed by atoms with van der Waals surface area (Å²) in [6, 6.07) is 3.23. The van der Waals surface area contributed by atoms with E-state index in [4.69, 9.17) is 11.6 Å². The molecule has 3 aromatic rings. The topological polar surface area (TPSA) is 107 Å². The quantitative estimate of drug-likeness (QED) is 0.462. The van der Waals surface area contributed by atoms with Gasteiger partial charge in [-0.3, -0.25) is 0 Å². The van der Waals surface area contributed by atoms with Crippen LogP contribution in [0, 0.1) is 13.8 Å². The van der Waals surface area contributed by atoms with Gasteiger partial charge in [-0.25, -0.2) is 29.5 Å². The lowest BCUT2D eigenvalue weighted by molar-refractivity contribution is -0.141. The minimum Gasteiger partial charge on any atom is -0.386 e. The van der Waals surface area contributed by atoms with E-state index in [9.17, 15) is 22.8 Å². The highest BCUT2D eigenvalue weighted by molar-refractivity contribution is 6.30. The number of benzene rings is 1. The number of aromatic nitrogens is 4. The van der Waals surface area contributed by atoms with Gasteiger partial charge >= 0.3 is 18.1 Å². The zero-order valence-electron chi connectivity index (χ0n) is 16.0. The van der Waals surface area contributed by atoms with Crippen molar-refractivity contribution in [2.45, 2.75) is 20.0 Å². The monoisotopic (exact) mass is 451 g/mol. The first-order valence-corrected chi connectivity index (χ1v) is 8.93. The Morgan fingerprint density at radius 2 is 1.65 bits per heavy atom. The van der Waals surface area contributed by atoms with Crippen molar-refractivity contribution in [3.63, 3.8) is 0 Å². The molecule has 2 aromatic heterocycles. The Kier molecular flexibility index (Phi) is 6.16. The molecule has 0 aliphatic heterocycles. The first-order chi connectivity index (χ1) is 14.6. The van der Waals surface area contributed by atoms with Gasteiger partial charge in [0.05, 0.1) is 5.56 Å². The van der Waals surface area contributed by atoms with Gasteiger partial charge in [-0.2, -0.15) is 13.2 Å². The molecule has 0 amide bonds. The van der Waals surface area contributed by atoms with Crippen LogP contribution in [0.3, 0.4) is 0 Å². The Hall–Kier alpha value is -3.60. The van der Waals surface area contributed by atoms with Crippen LogP contribution in [-0.4, -0.2) is 31.9 Å². The van der Waals surface area contributed by atoms with Crippen molar-refractivity contribution < 1.29 is 27.5 Å². The molecule has 0 saturated heterocycles. The van der Waals surface area contributed by atoms with Crippen LogP contribution >= 0.6 is 11.6 Å². The number of esters is 2. The third-order valence-electron chi connectivity index (χ3n) is 3.99. The van der Waals surface area contributed by atoms with E-state index in [1.54, 1.807) is 26.0 Å². The van der Waals surface area contributed by atoms with Crippen LogP contribution in [0.2, 0.25) is 5.02 Å². The normalized spacial score (nSPS) is 11.2. The average Bonchev–Trinajstić information content (AvgIpc) is 2.70. The second-order valence-electron chi connectivity index (χ2n) is 6.30. The molecule has 0 aliphatic carbocycles. The van der Waals surface area contributed by atoms with Crippen LogP contribution in [0.4, 0.5) is 24.8 Å². The number of aryl methyl sites for hydroxylation is 2. The highest BCUT2D eigenvalue weighted by Crippen LogP contribution is 2.33. The second-order valence-corrected chi connectivity index (χ2v) is 6.73. The summed E-state index contributed by atoms with van der Waals surface area (Å²) in [5.74, 6) is -3.18. The number of carbonyl (C=O) groups is 2. The van der Waals surface area contributed by atoms with Crippen molar-refractivity contribution >= 4 is 35.2 Å². The van der Waals surface area contributed by atoms with Crippen LogP contribution in [0.1, 0.15) is 37.5 Å². The molecular weight excluding hydrogens is 439 g/mol. The average molecular weight is 452 g/mol. The van der Waals surface area contributed by atoms with Crippen LogP contribution in [0.15, 0.2) is 37.1 Å². The van der Waals surface area contributed by atoms with Crippen LogP contribution in [0.25, 0.3) is 0 Å². The summed E-state index contributed by atoms with van der Waals surface area (Å²) in [6.45, 7) is 3.41. The fourth-order valence-corrected chi connectivity index (χ4v) is 2.96. The van der Waals surface area contributed by atoms with Gasteiger partial charge in [-0.15, -0.1) is 0 Å². The maximum Gasteiger partial charge on any atom is 0.434 e. The first kappa shape index (κ1) is 22.1. The van der Waals surface area contributed by atoms with Gasteiger partial charge in [0, 0.05) is 29.3 Å². The summed E-state index contributed by atoms with van der Waals surface area (Å²) in [5.41, 5.74) is -1.02. The van der Waals surface area contributed by atoms with Crippen molar-refractivity contribution in [2.75, 3.05) is 5.32 Å². The molecule has 0 bridgehead atoms. The Morgan fingerprint density at radius 1 is 1.03 bits per heavy atom. The van der Waals surface area contributed by atoms with Crippen molar-refractivity contribution in [3.05, 3.63) is 70.0 Å². The molecule has 0 aliphatic rings. The molecular formula is C19H13ClF3N5O3. The molecule has 1 N–H and O–H groups in total. The summed E-state index contributed by atoms with van der Waals surface area (Å²) in [4.78, 5) is 38.5. The fraction of sp³-hybridized carbons (Fsp3) is 0.158. The van der Waals surface area contributed by atoms with Crippen molar-refractivity contribution in [1.82, 2.24) is 19.9 Å². The zero-order chi connectivity index (χ0) is 22.8. The van der Waals surface area contributed by atoms with Gasteiger partial charge in [-0.1, -0.05) is 11.6 Å². The smallest absolute Gasteiger partial charge is 0.386 e. The molecule has 31 heavy (non-hydrogen) atoms. The van der Waals surface area contributed by atoms with Crippen LogP contribution < -0.4 is 5.32 Å². The number of nitrogens with one attached hydrogen (secondary N) is 1. The summed E-state index contributed by atoms with van der Waals surface area (Å²) >= 11 is 5.96. The SMILES string of the molecule is Cc1cc(Cl)cc(C)c1Nc1ncc(C(=O)OC(=O)c2cncnc2)c(C(F)(F)F)n1. The molecule has 0 fully saturated rings.